The minimum atomic E-state index is -0.115. The van der Waals surface area contributed by atoms with Crippen LogP contribution in [0.4, 0.5) is 11.4 Å². The number of rotatable bonds is 7. The average Bonchev–Trinajstić information content (AvgIpc) is 2.74. The van der Waals surface area contributed by atoms with E-state index in [4.69, 9.17) is 25.8 Å². The highest BCUT2D eigenvalue weighted by Gasteiger charge is 2.21. The number of halogens is 1. The molecule has 8 heteroatoms. The van der Waals surface area contributed by atoms with E-state index < -0.39 is 0 Å². The van der Waals surface area contributed by atoms with Gasteiger partial charge in [0, 0.05) is 32.2 Å². The standard InChI is InChI=1S/C21H26ClN3O4/c1-27-18-7-5-4-6-17(18)25-10-8-24(9-11-25)14-21(26)23-16-12-15(22)19(28-2)13-20(16)29-3/h4-7,12-13H,8-11,14H2,1-3H3,(H,23,26). The van der Waals surface area contributed by atoms with Crippen LogP contribution in [-0.2, 0) is 4.79 Å². The molecule has 1 saturated heterocycles. The number of methoxy groups -OCH3 is 3. The summed E-state index contributed by atoms with van der Waals surface area (Å²) in [5.74, 6) is 1.74. The first kappa shape index (κ1) is 21.1. The monoisotopic (exact) mass is 419 g/mol. The van der Waals surface area contributed by atoms with Gasteiger partial charge in [0.15, 0.2) is 0 Å². The SMILES string of the molecule is COc1cc(OC)c(NC(=O)CN2CCN(c3ccccc3OC)CC2)cc1Cl. The van der Waals surface area contributed by atoms with E-state index in [0.29, 0.717) is 28.8 Å². The summed E-state index contributed by atoms with van der Waals surface area (Å²) in [4.78, 5) is 17.0. The van der Waals surface area contributed by atoms with Crippen molar-refractivity contribution in [2.24, 2.45) is 0 Å². The molecule has 0 atom stereocenters. The van der Waals surface area contributed by atoms with E-state index in [1.165, 1.54) is 14.2 Å². The molecule has 1 fully saturated rings. The number of carbonyl (C=O) groups excluding carboxylic acids is 1. The molecule has 1 aliphatic rings. The normalized spacial score (nSPS) is 14.4. The number of benzene rings is 2. The molecule has 0 bridgehead atoms. The first-order chi connectivity index (χ1) is 14.0. The van der Waals surface area contributed by atoms with Crippen LogP contribution >= 0.6 is 11.6 Å². The smallest absolute Gasteiger partial charge is 0.238 e. The lowest BCUT2D eigenvalue weighted by atomic mass is 10.2. The third-order valence-electron chi connectivity index (χ3n) is 4.91. The minimum Gasteiger partial charge on any atom is -0.495 e. The molecule has 0 spiro atoms. The van der Waals surface area contributed by atoms with Gasteiger partial charge in [-0.1, -0.05) is 23.7 Å². The summed E-state index contributed by atoms with van der Waals surface area (Å²) in [6, 6.07) is 11.3. The van der Waals surface area contributed by atoms with Crippen molar-refractivity contribution in [2.45, 2.75) is 0 Å². The van der Waals surface area contributed by atoms with Gasteiger partial charge in [-0.25, -0.2) is 0 Å². The molecule has 3 rings (SSSR count). The first-order valence-electron chi connectivity index (χ1n) is 9.37. The maximum atomic E-state index is 12.6. The maximum Gasteiger partial charge on any atom is 0.238 e. The van der Waals surface area contributed by atoms with E-state index in [0.717, 1.165) is 37.6 Å². The van der Waals surface area contributed by atoms with Gasteiger partial charge in [0.2, 0.25) is 5.91 Å². The zero-order chi connectivity index (χ0) is 20.8. The van der Waals surface area contributed by atoms with Crippen molar-refractivity contribution < 1.29 is 19.0 Å². The predicted octanol–water partition coefficient (Wildman–Crippen LogP) is 3.13. The van der Waals surface area contributed by atoms with Crippen molar-refractivity contribution in [1.82, 2.24) is 4.90 Å². The van der Waals surface area contributed by atoms with Crippen LogP contribution in [0.25, 0.3) is 0 Å². The lowest BCUT2D eigenvalue weighted by Gasteiger charge is -2.36. The third-order valence-corrected chi connectivity index (χ3v) is 5.21. The number of amides is 1. The average molecular weight is 420 g/mol. The fraction of sp³-hybridized carbons (Fsp3) is 0.381. The molecule has 0 unspecified atom stereocenters. The molecule has 0 radical (unpaired) electrons. The van der Waals surface area contributed by atoms with Crippen molar-refractivity contribution >= 4 is 28.9 Å². The van der Waals surface area contributed by atoms with Crippen molar-refractivity contribution in [3.05, 3.63) is 41.4 Å². The Labute approximate surface area is 176 Å². The molecular weight excluding hydrogens is 394 g/mol. The predicted molar refractivity (Wildman–Crippen MR) is 115 cm³/mol. The molecule has 1 heterocycles. The molecular formula is C21H26ClN3O4. The summed E-state index contributed by atoms with van der Waals surface area (Å²) in [5.41, 5.74) is 1.60. The molecule has 2 aromatic rings. The van der Waals surface area contributed by atoms with Crippen LogP contribution in [-0.4, -0.2) is 64.9 Å². The Morgan fingerprint density at radius 3 is 2.28 bits per heavy atom. The second-order valence-electron chi connectivity index (χ2n) is 6.67. The molecule has 0 aliphatic carbocycles. The largest absolute Gasteiger partial charge is 0.495 e. The van der Waals surface area contributed by atoms with E-state index in [-0.39, 0.29) is 5.91 Å². The van der Waals surface area contributed by atoms with Gasteiger partial charge < -0.3 is 24.4 Å². The van der Waals surface area contributed by atoms with E-state index in [1.54, 1.807) is 19.2 Å². The van der Waals surface area contributed by atoms with Crippen LogP contribution in [0, 0.1) is 0 Å². The van der Waals surface area contributed by atoms with Crippen molar-refractivity contribution in [3.63, 3.8) is 0 Å². The second kappa shape index (κ2) is 9.71. The van der Waals surface area contributed by atoms with Crippen molar-refractivity contribution in [2.75, 3.05) is 64.3 Å². The number of carbonyl (C=O) groups is 1. The number of nitrogens with zero attached hydrogens (tertiary/aromatic N) is 2. The minimum absolute atomic E-state index is 0.115. The summed E-state index contributed by atoms with van der Waals surface area (Å²) in [5, 5.41) is 3.29. The highest BCUT2D eigenvalue weighted by atomic mass is 35.5. The number of hydrogen-bond acceptors (Lipinski definition) is 6. The van der Waals surface area contributed by atoms with Crippen LogP contribution in [0.5, 0.6) is 17.2 Å². The van der Waals surface area contributed by atoms with Gasteiger partial charge in [-0.05, 0) is 18.2 Å². The van der Waals surface area contributed by atoms with Crippen LogP contribution in [0.3, 0.4) is 0 Å². The lowest BCUT2D eigenvalue weighted by molar-refractivity contribution is -0.117. The lowest BCUT2D eigenvalue weighted by Crippen LogP contribution is -2.48. The molecule has 7 nitrogen and oxygen atoms in total. The van der Waals surface area contributed by atoms with E-state index in [2.05, 4.69) is 21.2 Å². The fourth-order valence-corrected chi connectivity index (χ4v) is 3.63. The summed E-state index contributed by atoms with van der Waals surface area (Å²) in [6.45, 7) is 3.52. The topological polar surface area (TPSA) is 63.3 Å². The molecule has 0 aromatic heterocycles. The summed E-state index contributed by atoms with van der Waals surface area (Å²) >= 11 is 6.17. The van der Waals surface area contributed by atoms with Crippen LogP contribution < -0.4 is 24.4 Å². The molecule has 1 N–H and O–H groups in total. The van der Waals surface area contributed by atoms with Gasteiger partial charge in [-0.2, -0.15) is 0 Å². The maximum absolute atomic E-state index is 12.6. The van der Waals surface area contributed by atoms with Crippen LogP contribution in [0.2, 0.25) is 5.02 Å². The number of hydrogen-bond donors (Lipinski definition) is 1. The Morgan fingerprint density at radius 2 is 1.62 bits per heavy atom. The van der Waals surface area contributed by atoms with Crippen molar-refractivity contribution in [1.29, 1.82) is 0 Å². The van der Waals surface area contributed by atoms with Crippen LogP contribution in [0.1, 0.15) is 0 Å². The van der Waals surface area contributed by atoms with Gasteiger partial charge in [0.05, 0.1) is 44.3 Å². The number of anilines is 2. The second-order valence-corrected chi connectivity index (χ2v) is 7.08. The zero-order valence-corrected chi connectivity index (χ0v) is 17.7. The van der Waals surface area contributed by atoms with Gasteiger partial charge in [0.25, 0.3) is 0 Å². The quantitative estimate of drug-likeness (QED) is 0.744. The van der Waals surface area contributed by atoms with E-state index >= 15 is 0 Å². The number of nitrogens with one attached hydrogen (secondary N) is 1. The molecule has 1 amide bonds. The Morgan fingerprint density at radius 1 is 0.966 bits per heavy atom. The molecule has 0 saturated carbocycles. The van der Waals surface area contributed by atoms with Gasteiger partial charge in [0.1, 0.15) is 17.2 Å². The Kier molecular flexibility index (Phi) is 7.06. The molecule has 1 aliphatic heterocycles. The van der Waals surface area contributed by atoms with E-state index in [1.807, 2.05) is 18.2 Å². The van der Waals surface area contributed by atoms with Gasteiger partial charge >= 0.3 is 0 Å². The zero-order valence-electron chi connectivity index (χ0n) is 16.9. The number of para-hydroxylation sites is 2. The van der Waals surface area contributed by atoms with Gasteiger partial charge in [-0.3, -0.25) is 9.69 Å². The Balaban J connectivity index is 1.57. The molecule has 29 heavy (non-hydrogen) atoms. The highest BCUT2D eigenvalue weighted by Crippen LogP contribution is 2.36. The molecule has 156 valence electrons. The highest BCUT2D eigenvalue weighted by molar-refractivity contribution is 6.32. The summed E-state index contributed by atoms with van der Waals surface area (Å²) in [6.07, 6.45) is 0. The number of ether oxygens (including phenoxy) is 3. The third kappa shape index (κ3) is 5.05. The fourth-order valence-electron chi connectivity index (χ4n) is 3.39. The summed E-state index contributed by atoms with van der Waals surface area (Å²) < 4.78 is 16.0. The first-order valence-corrected chi connectivity index (χ1v) is 9.75. The van der Waals surface area contributed by atoms with Gasteiger partial charge in [-0.15, -0.1) is 0 Å². The van der Waals surface area contributed by atoms with Crippen molar-refractivity contribution in [3.8, 4) is 17.2 Å². The Bertz CT molecular complexity index is 854. The number of piperazine rings is 1. The van der Waals surface area contributed by atoms with E-state index in [9.17, 15) is 4.79 Å². The Hall–Kier alpha value is -2.64. The molecule has 2 aromatic carbocycles. The summed E-state index contributed by atoms with van der Waals surface area (Å²) in [7, 11) is 4.75. The van der Waals surface area contributed by atoms with Crippen LogP contribution in [0.15, 0.2) is 36.4 Å².